The average Bonchev–Trinajstić information content (AvgIpc) is 3.68. The number of ether oxygens (including phenoxy) is 4. The van der Waals surface area contributed by atoms with Gasteiger partial charge in [0.2, 0.25) is 17.7 Å². The molecule has 3 aliphatic rings. The number of hydrogen-bond acceptors (Lipinski definition) is 11. The fourth-order valence-electron chi connectivity index (χ4n) is 8.41. The molecule has 4 atom stereocenters. The molecular formula is C42H57N5O8S. The van der Waals surface area contributed by atoms with Crippen molar-refractivity contribution in [2.24, 2.45) is 17.3 Å². The Labute approximate surface area is 333 Å². The Bertz CT molecular complexity index is 1890. The largest absolute Gasteiger partial charge is 0.496 e. The molecule has 2 aromatic heterocycles. The third kappa shape index (κ3) is 9.55. The number of carbonyl (C=O) groups excluding carboxylic acids is 4. The summed E-state index contributed by atoms with van der Waals surface area (Å²) in [7, 11) is 3.27. The number of methoxy groups -OCH3 is 2. The van der Waals surface area contributed by atoms with E-state index < -0.39 is 23.7 Å². The smallest absolute Gasteiger partial charge is 0.407 e. The molecule has 0 spiro atoms. The predicted molar refractivity (Wildman–Crippen MR) is 213 cm³/mol. The van der Waals surface area contributed by atoms with Gasteiger partial charge in [0.1, 0.15) is 36.5 Å². The van der Waals surface area contributed by atoms with Gasteiger partial charge in [-0.15, -0.1) is 11.3 Å². The standard InChI is InChI=1S/C42H57N5O8S/c1-7-29-21-42(29,24-48)46-38(49)33-15-11-17-47(33)39(50)37(27-12-8-9-13-27)45-40(51)55-25-41(3,4)16-10-14-28-18-31-32(19-34(28)52-5)44-36(20-35(31)53-6)54-22-30-23-56-26(2)43-30/h18-20,23-24,27,29,33,37H,7-17,21-22,25H2,1-6H3,(H,45,51)(H,46,49)/t29-,33+,37+,42+/m1/s1. The first-order chi connectivity index (χ1) is 26.9. The summed E-state index contributed by atoms with van der Waals surface area (Å²) in [6.07, 6.45) is 8.74. The second-order valence-corrected chi connectivity index (χ2v) is 17.5. The van der Waals surface area contributed by atoms with E-state index in [1.54, 1.807) is 36.5 Å². The molecule has 1 aliphatic heterocycles. The van der Waals surface area contributed by atoms with Gasteiger partial charge in [0.05, 0.1) is 42.6 Å². The third-order valence-corrected chi connectivity index (χ3v) is 12.6. The summed E-state index contributed by atoms with van der Waals surface area (Å²) in [5.74, 6) is 1.37. The van der Waals surface area contributed by atoms with Crippen LogP contribution in [0.5, 0.6) is 17.4 Å². The van der Waals surface area contributed by atoms with Gasteiger partial charge in [0, 0.05) is 29.4 Å². The number of alkyl carbamates (subject to hydrolysis) is 1. The predicted octanol–water partition coefficient (Wildman–Crippen LogP) is 6.70. The van der Waals surface area contributed by atoms with Crippen molar-refractivity contribution in [2.75, 3.05) is 27.4 Å². The summed E-state index contributed by atoms with van der Waals surface area (Å²) < 4.78 is 23.3. The first-order valence-corrected chi connectivity index (χ1v) is 20.9. The Morgan fingerprint density at radius 2 is 1.84 bits per heavy atom. The lowest BCUT2D eigenvalue weighted by Gasteiger charge is -2.32. The molecule has 3 aromatic rings. The highest BCUT2D eigenvalue weighted by atomic mass is 32.1. The van der Waals surface area contributed by atoms with Crippen LogP contribution in [0.15, 0.2) is 23.6 Å². The van der Waals surface area contributed by atoms with Gasteiger partial charge >= 0.3 is 6.09 Å². The molecule has 2 aliphatic carbocycles. The lowest BCUT2D eigenvalue weighted by atomic mass is 9.87. The second kappa shape index (κ2) is 17.8. The topological polar surface area (TPSA) is 158 Å². The van der Waals surface area contributed by atoms with E-state index in [0.717, 1.165) is 79.3 Å². The van der Waals surface area contributed by atoms with E-state index in [1.807, 2.05) is 31.4 Å². The molecular weight excluding hydrogens is 735 g/mol. The first-order valence-electron chi connectivity index (χ1n) is 20.0. The number of pyridine rings is 1. The van der Waals surface area contributed by atoms with Crippen molar-refractivity contribution in [1.29, 1.82) is 0 Å². The van der Waals surface area contributed by atoms with Gasteiger partial charge in [-0.25, -0.2) is 14.8 Å². The van der Waals surface area contributed by atoms with Crippen LogP contribution in [0.2, 0.25) is 0 Å². The van der Waals surface area contributed by atoms with Crippen molar-refractivity contribution in [3.63, 3.8) is 0 Å². The molecule has 13 nitrogen and oxygen atoms in total. The summed E-state index contributed by atoms with van der Waals surface area (Å²) in [5.41, 5.74) is 1.39. The molecule has 14 heteroatoms. The molecule has 1 saturated heterocycles. The maximum absolute atomic E-state index is 14.1. The van der Waals surface area contributed by atoms with E-state index >= 15 is 0 Å². The van der Waals surface area contributed by atoms with Crippen molar-refractivity contribution in [3.05, 3.63) is 39.8 Å². The third-order valence-electron chi connectivity index (χ3n) is 11.8. The van der Waals surface area contributed by atoms with Crippen molar-refractivity contribution in [3.8, 4) is 17.4 Å². The molecule has 3 fully saturated rings. The fourth-order valence-corrected chi connectivity index (χ4v) is 9.00. The van der Waals surface area contributed by atoms with Gasteiger partial charge in [0.15, 0.2) is 0 Å². The number of aromatic nitrogens is 2. The van der Waals surface area contributed by atoms with E-state index in [4.69, 9.17) is 23.9 Å². The van der Waals surface area contributed by atoms with E-state index in [0.29, 0.717) is 55.3 Å². The Balaban J connectivity index is 1.04. The number of likely N-dealkylation sites (tertiary alicyclic amines) is 1. The highest BCUT2D eigenvalue weighted by Gasteiger charge is 2.55. The molecule has 0 radical (unpaired) electrons. The van der Waals surface area contributed by atoms with Gasteiger partial charge in [0.25, 0.3) is 0 Å². The molecule has 1 aromatic carbocycles. The number of benzene rings is 1. The summed E-state index contributed by atoms with van der Waals surface area (Å²) in [4.78, 5) is 63.4. The number of hydrogen-bond donors (Lipinski definition) is 2. The molecule has 0 unspecified atom stereocenters. The fraction of sp³-hybridized carbons (Fsp3) is 0.619. The quantitative estimate of drug-likeness (QED) is 0.133. The minimum Gasteiger partial charge on any atom is -0.496 e. The maximum Gasteiger partial charge on any atom is 0.407 e. The van der Waals surface area contributed by atoms with Crippen LogP contribution in [0.3, 0.4) is 0 Å². The van der Waals surface area contributed by atoms with Crippen LogP contribution in [-0.2, 0) is 32.1 Å². The van der Waals surface area contributed by atoms with Crippen LogP contribution in [0.25, 0.3) is 10.9 Å². The van der Waals surface area contributed by atoms with Crippen molar-refractivity contribution < 1.29 is 38.1 Å². The number of fused-ring (bicyclic) bond motifs is 1. The first kappa shape index (κ1) is 41.2. The number of nitrogens with one attached hydrogen (secondary N) is 2. The normalized spacial score (nSPS) is 21.4. The Morgan fingerprint density at radius 3 is 2.50 bits per heavy atom. The van der Waals surface area contributed by atoms with Gasteiger partial charge in [-0.3, -0.25) is 9.59 Å². The van der Waals surface area contributed by atoms with E-state index in [-0.39, 0.29) is 35.7 Å². The highest BCUT2D eigenvalue weighted by Crippen LogP contribution is 2.44. The number of aryl methyl sites for hydroxylation is 2. The molecule has 2 N–H and O–H groups in total. The number of amides is 3. The number of thiazole rings is 1. The lowest BCUT2D eigenvalue weighted by molar-refractivity contribution is -0.141. The molecule has 0 bridgehead atoms. The molecule has 6 rings (SSSR count). The second-order valence-electron chi connectivity index (χ2n) is 16.4. The average molecular weight is 792 g/mol. The molecule has 3 heterocycles. The van der Waals surface area contributed by atoms with Gasteiger partial charge in [-0.05, 0) is 87.2 Å². The van der Waals surface area contributed by atoms with E-state index in [9.17, 15) is 19.2 Å². The Hall–Kier alpha value is -4.46. The van der Waals surface area contributed by atoms with Crippen LogP contribution in [0, 0.1) is 24.2 Å². The summed E-state index contributed by atoms with van der Waals surface area (Å²) >= 11 is 1.58. The van der Waals surface area contributed by atoms with E-state index in [1.165, 1.54) is 0 Å². The zero-order valence-corrected chi connectivity index (χ0v) is 34.4. The number of rotatable bonds is 18. The van der Waals surface area contributed by atoms with Gasteiger partial charge in [-0.2, -0.15) is 0 Å². The zero-order valence-electron chi connectivity index (χ0n) is 33.6. The van der Waals surface area contributed by atoms with Crippen molar-refractivity contribution in [1.82, 2.24) is 25.5 Å². The van der Waals surface area contributed by atoms with Crippen molar-refractivity contribution in [2.45, 2.75) is 123 Å². The van der Waals surface area contributed by atoms with Crippen LogP contribution >= 0.6 is 11.3 Å². The van der Waals surface area contributed by atoms with E-state index in [2.05, 4.69) is 29.5 Å². The zero-order chi connectivity index (χ0) is 40.0. The monoisotopic (exact) mass is 791 g/mol. The lowest BCUT2D eigenvalue weighted by Crippen LogP contribution is -2.57. The molecule has 304 valence electrons. The van der Waals surface area contributed by atoms with Crippen LogP contribution in [0.1, 0.15) is 101 Å². The van der Waals surface area contributed by atoms with Gasteiger partial charge in [-0.1, -0.05) is 40.0 Å². The maximum atomic E-state index is 14.1. The molecule has 56 heavy (non-hydrogen) atoms. The summed E-state index contributed by atoms with van der Waals surface area (Å²) in [6.45, 7) is 8.99. The minimum atomic E-state index is -0.822. The Morgan fingerprint density at radius 1 is 1.07 bits per heavy atom. The Kier molecular flexibility index (Phi) is 13.1. The summed E-state index contributed by atoms with van der Waals surface area (Å²) in [6, 6.07) is 4.30. The molecule has 3 amide bonds. The number of carbonyl (C=O) groups is 4. The summed E-state index contributed by atoms with van der Waals surface area (Å²) in [5, 5.41) is 9.67. The SMILES string of the molecule is CC[C@@H]1C[C@@]1(C=O)NC(=O)[C@@H]1CCCN1C(=O)[C@@H](NC(=O)OCC(C)(C)CCCc1cc2c(OC)cc(OCc3csc(C)n3)nc2cc1OC)C1CCCC1. The van der Waals surface area contributed by atoms with Crippen LogP contribution in [0.4, 0.5) is 4.79 Å². The van der Waals surface area contributed by atoms with Crippen molar-refractivity contribution >= 4 is 46.4 Å². The number of nitrogens with zero attached hydrogens (tertiary/aromatic N) is 3. The van der Waals surface area contributed by atoms with Crippen LogP contribution < -0.4 is 24.8 Å². The van der Waals surface area contributed by atoms with Gasteiger partial charge < -0.3 is 39.3 Å². The van der Waals surface area contributed by atoms with Crippen LogP contribution in [-0.4, -0.2) is 84.1 Å². The highest BCUT2D eigenvalue weighted by molar-refractivity contribution is 7.09. The number of aldehydes is 1. The molecule has 2 saturated carbocycles. The minimum absolute atomic E-state index is 0.0284.